The lowest BCUT2D eigenvalue weighted by Gasteiger charge is -2.30. The second kappa shape index (κ2) is 8.74. The Bertz CT molecular complexity index is 259. The van der Waals surface area contributed by atoms with Crippen LogP contribution in [-0.2, 0) is 4.79 Å². The topological polar surface area (TPSA) is 81.7 Å². The number of carbonyl (C=O) groups excluding carboxylic acids is 1. The molecule has 0 spiro atoms. The van der Waals surface area contributed by atoms with Crippen molar-refractivity contribution in [2.45, 2.75) is 46.2 Å². The van der Waals surface area contributed by atoms with Crippen LogP contribution >= 0.6 is 0 Å². The lowest BCUT2D eigenvalue weighted by molar-refractivity contribution is -0.136. The van der Waals surface area contributed by atoms with E-state index in [2.05, 4.69) is 43.2 Å². The first kappa shape index (κ1) is 16.7. The first-order chi connectivity index (χ1) is 8.34. The number of carbonyl (C=O) groups is 2. The highest BCUT2D eigenvalue weighted by atomic mass is 16.4. The molecule has 0 atom stereocenters. The van der Waals surface area contributed by atoms with Crippen LogP contribution in [-0.4, -0.2) is 53.7 Å². The van der Waals surface area contributed by atoms with E-state index in [9.17, 15) is 9.59 Å². The van der Waals surface area contributed by atoms with Gasteiger partial charge in [-0.1, -0.05) is 0 Å². The molecule has 18 heavy (non-hydrogen) atoms. The van der Waals surface area contributed by atoms with E-state index in [4.69, 9.17) is 5.11 Å². The average molecular weight is 259 g/mol. The molecule has 0 aromatic carbocycles. The first-order valence-corrected chi connectivity index (χ1v) is 6.33. The summed E-state index contributed by atoms with van der Waals surface area (Å²) in [4.78, 5) is 23.8. The zero-order valence-corrected chi connectivity index (χ0v) is 11.7. The van der Waals surface area contributed by atoms with Crippen molar-refractivity contribution in [2.24, 2.45) is 0 Å². The molecule has 0 radical (unpaired) electrons. The molecule has 2 amide bonds. The maximum absolute atomic E-state index is 11.3. The zero-order chi connectivity index (χ0) is 14.1. The molecule has 0 unspecified atom stereocenters. The Morgan fingerprint density at radius 2 is 1.56 bits per heavy atom. The molecule has 0 aliphatic rings. The number of rotatable bonds is 8. The SMILES string of the molecule is CC(C)N(CCNC(=O)NCCC(=O)O)C(C)C. The second-order valence-electron chi connectivity index (χ2n) is 4.75. The molecule has 0 saturated heterocycles. The van der Waals surface area contributed by atoms with Crippen LogP contribution in [0.4, 0.5) is 4.79 Å². The van der Waals surface area contributed by atoms with Gasteiger partial charge in [0.2, 0.25) is 0 Å². The van der Waals surface area contributed by atoms with Gasteiger partial charge in [-0.05, 0) is 27.7 Å². The van der Waals surface area contributed by atoms with Gasteiger partial charge in [-0.15, -0.1) is 0 Å². The third kappa shape index (κ3) is 7.89. The highest BCUT2D eigenvalue weighted by molar-refractivity contribution is 5.74. The van der Waals surface area contributed by atoms with Gasteiger partial charge in [0.05, 0.1) is 6.42 Å². The van der Waals surface area contributed by atoms with E-state index in [1.54, 1.807) is 0 Å². The van der Waals surface area contributed by atoms with E-state index in [1.807, 2.05) is 0 Å². The Balaban J connectivity index is 3.75. The van der Waals surface area contributed by atoms with Gasteiger partial charge in [-0.2, -0.15) is 0 Å². The van der Waals surface area contributed by atoms with Crippen molar-refractivity contribution in [3.63, 3.8) is 0 Å². The Hall–Kier alpha value is -1.30. The van der Waals surface area contributed by atoms with Crippen molar-refractivity contribution < 1.29 is 14.7 Å². The number of urea groups is 1. The molecule has 3 N–H and O–H groups in total. The van der Waals surface area contributed by atoms with Crippen LogP contribution < -0.4 is 10.6 Å². The number of amides is 2. The minimum Gasteiger partial charge on any atom is -0.481 e. The summed E-state index contributed by atoms with van der Waals surface area (Å²) in [5.74, 6) is -0.916. The van der Waals surface area contributed by atoms with Crippen molar-refractivity contribution >= 4 is 12.0 Å². The van der Waals surface area contributed by atoms with Crippen LogP contribution in [0.5, 0.6) is 0 Å². The number of aliphatic carboxylic acids is 1. The minimum absolute atomic E-state index is 0.0580. The molecule has 0 fully saturated rings. The molecule has 0 aromatic rings. The number of hydrogen-bond donors (Lipinski definition) is 3. The van der Waals surface area contributed by atoms with Crippen LogP contribution in [0.3, 0.4) is 0 Å². The van der Waals surface area contributed by atoms with Gasteiger partial charge in [0, 0.05) is 31.7 Å². The fourth-order valence-corrected chi connectivity index (χ4v) is 1.76. The summed E-state index contributed by atoms with van der Waals surface area (Å²) in [7, 11) is 0. The minimum atomic E-state index is -0.916. The van der Waals surface area contributed by atoms with Crippen LogP contribution in [0, 0.1) is 0 Å². The van der Waals surface area contributed by atoms with E-state index in [-0.39, 0.29) is 19.0 Å². The van der Waals surface area contributed by atoms with Gasteiger partial charge >= 0.3 is 12.0 Å². The van der Waals surface area contributed by atoms with Crippen molar-refractivity contribution in [1.82, 2.24) is 15.5 Å². The van der Waals surface area contributed by atoms with Crippen molar-refractivity contribution in [3.05, 3.63) is 0 Å². The summed E-state index contributed by atoms with van der Waals surface area (Å²) in [6.07, 6.45) is -0.0580. The normalized spacial score (nSPS) is 11.1. The molecule has 0 aliphatic heterocycles. The summed E-state index contributed by atoms with van der Waals surface area (Å²) in [6, 6.07) is 0.549. The lowest BCUT2D eigenvalue weighted by Crippen LogP contribution is -2.44. The van der Waals surface area contributed by atoms with Crippen LogP contribution in [0.2, 0.25) is 0 Å². The summed E-state index contributed by atoms with van der Waals surface area (Å²) in [5, 5.41) is 13.6. The predicted octanol–water partition coefficient (Wildman–Crippen LogP) is 0.879. The maximum Gasteiger partial charge on any atom is 0.314 e. The van der Waals surface area contributed by atoms with Crippen LogP contribution in [0.25, 0.3) is 0 Å². The predicted molar refractivity (Wildman–Crippen MR) is 70.6 cm³/mol. The van der Waals surface area contributed by atoms with Crippen molar-refractivity contribution in [3.8, 4) is 0 Å². The first-order valence-electron chi connectivity index (χ1n) is 6.33. The standard InChI is InChI=1S/C12H25N3O3/c1-9(2)15(10(3)4)8-7-14-12(18)13-6-5-11(16)17/h9-10H,5-8H2,1-4H3,(H,16,17)(H2,13,14,18). The van der Waals surface area contributed by atoms with Gasteiger partial charge in [0.15, 0.2) is 0 Å². The summed E-state index contributed by atoms with van der Waals surface area (Å²) in [6.45, 7) is 9.95. The monoisotopic (exact) mass is 259 g/mol. The number of carboxylic acids is 1. The maximum atomic E-state index is 11.3. The Morgan fingerprint density at radius 3 is 2.00 bits per heavy atom. The van der Waals surface area contributed by atoms with Crippen molar-refractivity contribution in [2.75, 3.05) is 19.6 Å². The van der Waals surface area contributed by atoms with E-state index < -0.39 is 5.97 Å². The van der Waals surface area contributed by atoms with Gasteiger partial charge < -0.3 is 15.7 Å². The largest absolute Gasteiger partial charge is 0.481 e. The quantitative estimate of drug-likeness (QED) is 0.604. The number of nitrogens with one attached hydrogen (secondary N) is 2. The second-order valence-corrected chi connectivity index (χ2v) is 4.75. The van der Waals surface area contributed by atoms with Gasteiger partial charge in [0.25, 0.3) is 0 Å². The van der Waals surface area contributed by atoms with Crippen LogP contribution in [0.1, 0.15) is 34.1 Å². The summed E-state index contributed by atoms with van der Waals surface area (Å²) >= 11 is 0. The van der Waals surface area contributed by atoms with E-state index in [0.29, 0.717) is 18.6 Å². The molecular formula is C12H25N3O3. The zero-order valence-electron chi connectivity index (χ0n) is 11.7. The smallest absolute Gasteiger partial charge is 0.314 e. The molecule has 0 aromatic heterocycles. The van der Waals surface area contributed by atoms with E-state index in [0.717, 1.165) is 6.54 Å². The van der Waals surface area contributed by atoms with E-state index >= 15 is 0 Å². The average Bonchev–Trinajstić information content (AvgIpc) is 2.22. The molecule has 0 aliphatic carbocycles. The van der Waals surface area contributed by atoms with Gasteiger partial charge in [0.1, 0.15) is 0 Å². The fourth-order valence-electron chi connectivity index (χ4n) is 1.76. The number of hydrogen-bond acceptors (Lipinski definition) is 3. The number of carboxylic acid groups (broad SMARTS) is 1. The Kier molecular flexibility index (Phi) is 8.11. The third-order valence-electron chi connectivity index (χ3n) is 2.61. The lowest BCUT2D eigenvalue weighted by atomic mass is 10.2. The van der Waals surface area contributed by atoms with Crippen molar-refractivity contribution in [1.29, 1.82) is 0 Å². The Labute approximate surface area is 109 Å². The van der Waals surface area contributed by atoms with Crippen LogP contribution in [0.15, 0.2) is 0 Å². The Morgan fingerprint density at radius 1 is 1.06 bits per heavy atom. The summed E-state index contributed by atoms with van der Waals surface area (Å²) in [5.41, 5.74) is 0. The molecule has 0 saturated carbocycles. The molecule has 0 rings (SSSR count). The third-order valence-corrected chi connectivity index (χ3v) is 2.61. The van der Waals surface area contributed by atoms with Gasteiger partial charge in [-0.3, -0.25) is 9.69 Å². The molecule has 0 bridgehead atoms. The van der Waals surface area contributed by atoms with Gasteiger partial charge in [-0.25, -0.2) is 4.79 Å². The molecule has 6 heteroatoms. The summed E-state index contributed by atoms with van der Waals surface area (Å²) < 4.78 is 0. The highest BCUT2D eigenvalue weighted by Crippen LogP contribution is 2.02. The highest BCUT2D eigenvalue weighted by Gasteiger charge is 2.12. The number of nitrogens with zero attached hydrogens (tertiary/aromatic N) is 1. The van der Waals surface area contributed by atoms with E-state index in [1.165, 1.54) is 0 Å². The molecule has 6 nitrogen and oxygen atoms in total. The molecule has 106 valence electrons. The molecule has 0 heterocycles. The fraction of sp³-hybridized carbons (Fsp3) is 0.833. The molecular weight excluding hydrogens is 234 g/mol.